The lowest BCUT2D eigenvalue weighted by molar-refractivity contribution is 0.0921. The molecule has 2 atom stereocenters. The third kappa shape index (κ3) is 2.87. The van der Waals surface area contributed by atoms with Gasteiger partial charge in [-0.15, -0.1) is 0 Å². The quantitative estimate of drug-likeness (QED) is 0.903. The minimum atomic E-state index is 0.248. The Labute approximate surface area is 105 Å². The maximum Gasteiger partial charge on any atom is 0.134 e. The predicted octanol–water partition coefficient (Wildman–Crippen LogP) is 3.26. The Bertz CT molecular complexity index is 321. The lowest BCUT2D eigenvalue weighted by Crippen LogP contribution is -2.25. The Morgan fingerprint density at radius 3 is 3.06 bits per heavy atom. The van der Waals surface area contributed by atoms with Gasteiger partial charge in [0.25, 0.3) is 0 Å². The molecular weight excluding hydrogens is 270 g/mol. The summed E-state index contributed by atoms with van der Waals surface area (Å²) in [5.41, 5.74) is 0. The second-order valence-electron chi connectivity index (χ2n) is 4.11. The SMILES string of the molecule is CCNC(CC1CCCO1)c1occc1Br. The monoisotopic (exact) mass is 287 g/mol. The smallest absolute Gasteiger partial charge is 0.134 e. The summed E-state index contributed by atoms with van der Waals surface area (Å²) >= 11 is 3.51. The largest absolute Gasteiger partial charge is 0.466 e. The van der Waals surface area contributed by atoms with Gasteiger partial charge in [-0.25, -0.2) is 0 Å². The van der Waals surface area contributed by atoms with E-state index in [1.807, 2.05) is 6.07 Å². The van der Waals surface area contributed by atoms with Crippen LogP contribution in [0, 0.1) is 0 Å². The number of nitrogens with one attached hydrogen (secondary N) is 1. The molecule has 1 aromatic rings. The van der Waals surface area contributed by atoms with Gasteiger partial charge in [-0.3, -0.25) is 0 Å². The number of hydrogen-bond donors (Lipinski definition) is 1. The van der Waals surface area contributed by atoms with Crippen molar-refractivity contribution in [2.75, 3.05) is 13.2 Å². The van der Waals surface area contributed by atoms with E-state index in [-0.39, 0.29) is 6.04 Å². The highest BCUT2D eigenvalue weighted by Crippen LogP contribution is 2.30. The van der Waals surface area contributed by atoms with Gasteiger partial charge >= 0.3 is 0 Å². The number of ether oxygens (including phenoxy) is 1. The van der Waals surface area contributed by atoms with Gasteiger partial charge in [0.1, 0.15) is 5.76 Å². The van der Waals surface area contributed by atoms with E-state index in [0.29, 0.717) is 6.10 Å². The fourth-order valence-corrected chi connectivity index (χ4v) is 2.65. The topological polar surface area (TPSA) is 34.4 Å². The van der Waals surface area contributed by atoms with Crippen LogP contribution < -0.4 is 5.32 Å². The molecule has 0 amide bonds. The molecule has 0 spiro atoms. The lowest BCUT2D eigenvalue weighted by Gasteiger charge is -2.19. The van der Waals surface area contributed by atoms with Crippen molar-refractivity contribution in [1.82, 2.24) is 5.32 Å². The van der Waals surface area contributed by atoms with Gasteiger partial charge in [0.05, 0.1) is 22.9 Å². The van der Waals surface area contributed by atoms with Gasteiger partial charge in [-0.05, 0) is 47.8 Å². The zero-order valence-electron chi connectivity index (χ0n) is 9.54. The van der Waals surface area contributed by atoms with Gasteiger partial charge < -0.3 is 14.5 Å². The van der Waals surface area contributed by atoms with Crippen LogP contribution in [0.2, 0.25) is 0 Å². The summed E-state index contributed by atoms with van der Waals surface area (Å²) in [4.78, 5) is 0. The van der Waals surface area contributed by atoms with Crippen molar-refractivity contribution in [2.45, 2.75) is 38.3 Å². The molecule has 1 aliphatic rings. The summed E-state index contributed by atoms with van der Waals surface area (Å²) in [5.74, 6) is 0.984. The number of halogens is 1. The molecule has 3 nitrogen and oxygen atoms in total. The van der Waals surface area contributed by atoms with E-state index in [0.717, 1.165) is 29.8 Å². The van der Waals surface area contributed by atoms with Gasteiger partial charge in [0.2, 0.25) is 0 Å². The van der Waals surface area contributed by atoms with Crippen LogP contribution >= 0.6 is 15.9 Å². The average Bonchev–Trinajstić information content (AvgIpc) is 2.88. The van der Waals surface area contributed by atoms with E-state index < -0.39 is 0 Å². The molecule has 0 saturated carbocycles. The van der Waals surface area contributed by atoms with Crippen LogP contribution in [0.3, 0.4) is 0 Å². The maximum atomic E-state index is 5.67. The van der Waals surface area contributed by atoms with Crippen molar-refractivity contribution in [3.63, 3.8) is 0 Å². The molecular formula is C12H18BrNO2. The summed E-state index contributed by atoms with van der Waals surface area (Å²) in [5, 5.41) is 3.45. The highest BCUT2D eigenvalue weighted by atomic mass is 79.9. The molecule has 0 aliphatic carbocycles. The molecule has 2 rings (SSSR count). The summed E-state index contributed by atoms with van der Waals surface area (Å²) in [7, 11) is 0. The summed E-state index contributed by atoms with van der Waals surface area (Å²) in [6.07, 6.45) is 5.43. The minimum Gasteiger partial charge on any atom is -0.466 e. The third-order valence-corrected chi connectivity index (χ3v) is 3.59. The van der Waals surface area contributed by atoms with Gasteiger partial charge in [0, 0.05) is 6.61 Å². The van der Waals surface area contributed by atoms with Crippen molar-refractivity contribution in [3.05, 3.63) is 22.6 Å². The molecule has 1 aliphatic heterocycles. The maximum absolute atomic E-state index is 5.67. The molecule has 90 valence electrons. The van der Waals surface area contributed by atoms with E-state index in [2.05, 4.69) is 28.2 Å². The molecule has 0 bridgehead atoms. The first kappa shape index (κ1) is 12.1. The third-order valence-electron chi connectivity index (χ3n) is 2.93. The standard InChI is InChI=1S/C12H18BrNO2/c1-2-14-11(8-9-4-3-6-15-9)12-10(13)5-7-16-12/h5,7,9,11,14H,2-4,6,8H2,1H3. The lowest BCUT2D eigenvalue weighted by atomic mass is 10.0. The van der Waals surface area contributed by atoms with E-state index in [1.165, 1.54) is 12.8 Å². The normalized spacial score (nSPS) is 22.5. The van der Waals surface area contributed by atoms with Crippen LogP contribution in [0.15, 0.2) is 21.2 Å². The Morgan fingerprint density at radius 1 is 1.62 bits per heavy atom. The Hall–Kier alpha value is -0.320. The summed E-state index contributed by atoms with van der Waals surface area (Å²) < 4.78 is 12.2. The van der Waals surface area contributed by atoms with Crippen LogP contribution in [-0.2, 0) is 4.74 Å². The van der Waals surface area contributed by atoms with E-state index in [4.69, 9.17) is 9.15 Å². The molecule has 2 heterocycles. The molecule has 0 radical (unpaired) electrons. The van der Waals surface area contributed by atoms with Gasteiger partial charge in [-0.2, -0.15) is 0 Å². The van der Waals surface area contributed by atoms with Crippen molar-refractivity contribution in [2.24, 2.45) is 0 Å². The molecule has 4 heteroatoms. The van der Waals surface area contributed by atoms with E-state index in [1.54, 1.807) is 6.26 Å². The molecule has 1 N–H and O–H groups in total. The molecule has 1 fully saturated rings. The van der Waals surface area contributed by atoms with Gasteiger partial charge in [-0.1, -0.05) is 6.92 Å². The van der Waals surface area contributed by atoms with Crippen molar-refractivity contribution in [1.29, 1.82) is 0 Å². The van der Waals surface area contributed by atoms with Crippen molar-refractivity contribution < 1.29 is 9.15 Å². The van der Waals surface area contributed by atoms with E-state index >= 15 is 0 Å². The first-order valence-corrected chi connectivity index (χ1v) is 6.68. The second kappa shape index (κ2) is 5.84. The van der Waals surface area contributed by atoms with Crippen LogP contribution in [0.25, 0.3) is 0 Å². The number of hydrogen-bond acceptors (Lipinski definition) is 3. The molecule has 0 aromatic carbocycles. The minimum absolute atomic E-state index is 0.248. The highest BCUT2D eigenvalue weighted by Gasteiger charge is 2.24. The Kier molecular flexibility index (Phi) is 4.44. The van der Waals surface area contributed by atoms with Crippen LogP contribution in [0.4, 0.5) is 0 Å². The first-order valence-electron chi connectivity index (χ1n) is 5.89. The zero-order valence-corrected chi connectivity index (χ0v) is 11.1. The van der Waals surface area contributed by atoms with E-state index in [9.17, 15) is 0 Å². The van der Waals surface area contributed by atoms with Crippen molar-refractivity contribution >= 4 is 15.9 Å². The van der Waals surface area contributed by atoms with Crippen LogP contribution in [0.5, 0.6) is 0 Å². The number of furan rings is 1. The predicted molar refractivity (Wildman–Crippen MR) is 66.4 cm³/mol. The molecule has 16 heavy (non-hydrogen) atoms. The summed E-state index contributed by atoms with van der Waals surface area (Å²) in [6, 6.07) is 2.19. The zero-order chi connectivity index (χ0) is 11.4. The van der Waals surface area contributed by atoms with Crippen molar-refractivity contribution in [3.8, 4) is 0 Å². The summed E-state index contributed by atoms with van der Waals surface area (Å²) in [6.45, 7) is 3.95. The number of rotatable bonds is 5. The van der Waals surface area contributed by atoms with Crippen LogP contribution in [0.1, 0.15) is 38.0 Å². The average molecular weight is 288 g/mol. The fraction of sp³-hybridized carbons (Fsp3) is 0.667. The molecule has 1 saturated heterocycles. The molecule has 1 aromatic heterocycles. The first-order chi connectivity index (χ1) is 7.81. The van der Waals surface area contributed by atoms with Gasteiger partial charge in [0.15, 0.2) is 0 Å². The second-order valence-corrected chi connectivity index (χ2v) is 4.97. The Balaban J connectivity index is 2.01. The van der Waals surface area contributed by atoms with Crippen LogP contribution in [-0.4, -0.2) is 19.3 Å². The highest BCUT2D eigenvalue weighted by molar-refractivity contribution is 9.10. The fourth-order valence-electron chi connectivity index (χ4n) is 2.18. The Morgan fingerprint density at radius 2 is 2.50 bits per heavy atom. The molecule has 2 unspecified atom stereocenters.